The second-order valence-corrected chi connectivity index (χ2v) is 7.63. The molecule has 2 aromatic heterocycles. The summed E-state index contributed by atoms with van der Waals surface area (Å²) in [5, 5.41) is 9.00. The summed E-state index contributed by atoms with van der Waals surface area (Å²) in [6.45, 7) is 3.62. The van der Waals surface area contributed by atoms with Gasteiger partial charge >= 0.3 is 5.97 Å². The van der Waals surface area contributed by atoms with Gasteiger partial charge in [-0.3, -0.25) is 9.59 Å². The highest BCUT2D eigenvalue weighted by Gasteiger charge is 2.19. The Morgan fingerprint density at radius 1 is 1.19 bits per heavy atom. The molecule has 6 nitrogen and oxygen atoms in total. The number of amides is 2. The van der Waals surface area contributed by atoms with E-state index in [9.17, 15) is 14.4 Å². The van der Waals surface area contributed by atoms with Crippen LogP contribution >= 0.6 is 22.7 Å². The summed E-state index contributed by atoms with van der Waals surface area (Å²) in [7, 11) is 0. The number of carbonyl (C=O) groups excluding carboxylic acids is 3. The average molecular weight is 407 g/mol. The van der Waals surface area contributed by atoms with Gasteiger partial charge in [0.1, 0.15) is 6.04 Å². The molecule has 0 aromatic carbocycles. The molecule has 144 valence electrons. The molecule has 0 aliphatic rings. The van der Waals surface area contributed by atoms with Crippen LogP contribution in [0.2, 0.25) is 0 Å². The molecule has 0 saturated carbocycles. The van der Waals surface area contributed by atoms with E-state index in [0.717, 1.165) is 16.2 Å². The molecule has 8 heteroatoms. The van der Waals surface area contributed by atoms with Crippen molar-refractivity contribution >= 4 is 52.1 Å². The average Bonchev–Trinajstić information content (AvgIpc) is 3.35. The molecule has 0 bridgehead atoms. The first kappa shape index (κ1) is 20.9. The fourth-order valence-corrected chi connectivity index (χ4v) is 3.52. The first-order valence-electron chi connectivity index (χ1n) is 8.54. The van der Waals surface area contributed by atoms with Gasteiger partial charge in [-0.25, -0.2) is 4.79 Å². The number of esters is 1. The SMILES string of the molecule is CCCNC(=O)[C@@H](C)NC(=O)COC(=O)/C(=C/c1cccs1)c1cccs1. The molecule has 0 aliphatic carbocycles. The highest BCUT2D eigenvalue weighted by molar-refractivity contribution is 7.12. The molecule has 0 aliphatic heterocycles. The summed E-state index contributed by atoms with van der Waals surface area (Å²) >= 11 is 2.92. The van der Waals surface area contributed by atoms with E-state index in [-0.39, 0.29) is 5.91 Å². The van der Waals surface area contributed by atoms with E-state index in [1.54, 1.807) is 13.0 Å². The maximum atomic E-state index is 12.5. The lowest BCUT2D eigenvalue weighted by molar-refractivity contribution is -0.143. The van der Waals surface area contributed by atoms with Crippen LogP contribution in [0.15, 0.2) is 35.0 Å². The van der Waals surface area contributed by atoms with Crippen molar-refractivity contribution in [3.8, 4) is 0 Å². The van der Waals surface area contributed by atoms with E-state index >= 15 is 0 Å². The van der Waals surface area contributed by atoms with Crippen molar-refractivity contribution < 1.29 is 19.1 Å². The molecule has 2 heterocycles. The summed E-state index contributed by atoms with van der Waals surface area (Å²) in [5.41, 5.74) is 0.397. The number of hydrogen-bond acceptors (Lipinski definition) is 6. The van der Waals surface area contributed by atoms with Gasteiger partial charge in [0, 0.05) is 16.3 Å². The topological polar surface area (TPSA) is 84.5 Å². The summed E-state index contributed by atoms with van der Waals surface area (Å²) in [6.07, 6.45) is 2.56. The van der Waals surface area contributed by atoms with Gasteiger partial charge < -0.3 is 15.4 Å². The molecule has 0 spiro atoms. The molecule has 2 rings (SSSR count). The third kappa shape index (κ3) is 6.65. The Bertz CT molecular complexity index is 783. The van der Waals surface area contributed by atoms with Crippen LogP contribution in [0, 0.1) is 0 Å². The first-order valence-corrected chi connectivity index (χ1v) is 10.3. The molecular weight excluding hydrogens is 384 g/mol. The highest BCUT2D eigenvalue weighted by atomic mass is 32.1. The van der Waals surface area contributed by atoms with Crippen LogP contribution in [0.3, 0.4) is 0 Å². The molecule has 0 unspecified atom stereocenters. The molecule has 2 N–H and O–H groups in total. The minimum atomic E-state index is -0.693. The van der Waals surface area contributed by atoms with Gasteiger partial charge in [0.15, 0.2) is 6.61 Å². The van der Waals surface area contributed by atoms with E-state index in [2.05, 4.69) is 10.6 Å². The number of carbonyl (C=O) groups is 3. The van der Waals surface area contributed by atoms with Crippen LogP contribution in [0.4, 0.5) is 0 Å². The van der Waals surface area contributed by atoms with Crippen molar-refractivity contribution in [3.63, 3.8) is 0 Å². The standard InChI is InChI=1S/C19H22N2O4S2/c1-3-8-20-18(23)13(2)21-17(22)12-25-19(24)15(16-7-5-10-27-16)11-14-6-4-9-26-14/h4-7,9-11,13H,3,8,12H2,1-2H3,(H,20,23)(H,21,22)/b15-11+/t13-/m1/s1. The third-order valence-electron chi connectivity index (χ3n) is 3.49. The quantitative estimate of drug-likeness (QED) is 0.495. The lowest BCUT2D eigenvalue weighted by Crippen LogP contribution is -2.46. The number of hydrogen-bond donors (Lipinski definition) is 2. The minimum absolute atomic E-state index is 0.270. The molecule has 0 fully saturated rings. The van der Waals surface area contributed by atoms with Crippen LogP contribution in [0.25, 0.3) is 11.6 Å². The van der Waals surface area contributed by atoms with E-state index in [4.69, 9.17) is 4.74 Å². The van der Waals surface area contributed by atoms with E-state index in [1.165, 1.54) is 22.7 Å². The molecule has 27 heavy (non-hydrogen) atoms. The Kier molecular flexibility index (Phi) is 8.22. The Morgan fingerprint density at radius 2 is 1.93 bits per heavy atom. The second kappa shape index (κ2) is 10.6. The lowest BCUT2D eigenvalue weighted by Gasteiger charge is -2.14. The first-order chi connectivity index (χ1) is 13.0. The van der Waals surface area contributed by atoms with E-state index in [1.807, 2.05) is 41.9 Å². The van der Waals surface area contributed by atoms with Gasteiger partial charge in [-0.1, -0.05) is 19.1 Å². The summed E-state index contributed by atoms with van der Waals surface area (Å²) in [6, 6.07) is 6.77. The third-order valence-corrected chi connectivity index (χ3v) is 5.21. The van der Waals surface area contributed by atoms with Gasteiger partial charge in [-0.15, -0.1) is 22.7 Å². The fourth-order valence-electron chi connectivity index (χ4n) is 2.14. The van der Waals surface area contributed by atoms with Crippen molar-refractivity contribution in [1.29, 1.82) is 0 Å². The number of rotatable bonds is 9. The van der Waals surface area contributed by atoms with Crippen molar-refractivity contribution in [2.75, 3.05) is 13.2 Å². The van der Waals surface area contributed by atoms with Crippen LogP contribution in [-0.2, 0) is 19.1 Å². The lowest BCUT2D eigenvalue weighted by atomic mass is 10.2. The molecular formula is C19H22N2O4S2. The molecule has 1 atom stereocenters. The summed E-state index contributed by atoms with van der Waals surface area (Å²) in [5.74, 6) is -1.37. The molecule has 0 radical (unpaired) electrons. The molecule has 2 amide bonds. The Hall–Kier alpha value is -2.45. The number of ether oxygens (including phenoxy) is 1. The predicted molar refractivity (Wildman–Crippen MR) is 108 cm³/mol. The maximum absolute atomic E-state index is 12.5. The maximum Gasteiger partial charge on any atom is 0.340 e. The zero-order valence-corrected chi connectivity index (χ0v) is 16.8. The zero-order chi connectivity index (χ0) is 19.6. The van der Waals surface area contributed by atoms with Gasteiger partial charge in [-0.05, 0) is 42.3 Å². The molecule has 2 aromatic rings. The van der Waals surface area contributed by atoms with Crippen molar-refractivity contribution in [2.24, 2.45) is 0 Å². The molecule has 0 saturated heterocycles. The van der Waals surface area contributed by atoms with Crippen LogP contribution in [0.1, 0.15) is 30.0 Å². The van der Waals surface area contributed by atoms with Crippen LogP contribution < -0.4 is 10.6 Å². The summed E-state index contributed by atoms with van der Waals surface area (Å²) in [4.78, 5) is 37.9. The van der Waals surface area contributed by atoms with Crippen molar-refractivity contribution in [2.45, 2.75) is 26.3 Å². The number of nitrogens with one attached hydrogen (secondary N) is 2. The minimum Gasteiger partial charge on any atom is -0.452 e. The predicted octanol–water partition coefficient (Wildman–Crippen LogP) is 2.92. The normalized spacial score (nSPS) is 12.3. The summed E-state index contributed by atoms with van der Waals surface area (Å²) < 4.78 is 5.16. The van der Waals surface area contributed by atoms with Crippen LogP contribution in [-0.4, -0.2) is 37.0 Å². The zero-order valence-electron chi connectivity index (χ0n) is 15.2. The van der Waals surface area contributed by atoms with Gasteiger partial charge in [0.2, 0.25) is 5.91 Å². The fraction of sp³-hybridized carbons (Fsp3) is 0.316. The van der Waals surface area contributed by atoms with Gasteiger partial charge in [0.25, 0.3) is 5.91 Å². The van der Waals surface area contributed by atoms with E-state index in [0.29, 0.717) is 12.1 Å². The monoisotopic (exact) mass is 406 g/mol. The van der Waals surface area contributed by atoms with Gasteiger partial charge in [0.05, 0.1) is 5.57 Å². The van der Waals surface area contributed by atoms with Gasteiger partial charge in [-0.2, -0.15) is 0 Å². The van der Waals surface area contributed by atoms with Crippen molar-refractivity contribution in [1.82, 2.24) is 10.6 Å². The van der Waals surface area contributed by atoms with Crippen LogP contribution in [0.5, 0.6) is 0 Å². The largest absolute Gasteiger partial charge is 0.452 e. The van der Waals surface area contributed by atoms with Crippen molar-refractivity contribution in [3.05, 3.63) is 44.8 Å². The second-order valence-electron chi connectivity index (χ2n) is 5.71. The Morgan fingerprint density at radius 3 is 2.56 bits per heavy atom. The van der Waals surface area contributed by atoms with E-state index < -0.39 is 24.5 Å². The smallest absolute Gasteiger partial charge is 0.340 e. The Labute approximate surface area is 166 Å². The Balaban J connectivity index is 1.94. The number of thiophene rings is 2. The highest BCUT2D eigenvalue weighted by Crippen LogP contribution is 2.25.